The fourth-order valence-corrected chi connectivity index (χ4v) is 9.71. The normalized spacial score (nSPS) is 47.0. The van der Waals surface area contributed by atoms with Crippen molar-refractivity contribution in [3.05, 3.63) is 0 Å². The van der Waals surface area contributed by atoms with Crippen LogP contribution in [0.15, 0.2) is 0 Å². The number of aliphatic hydroxyl groups excluding tert-OH is 2. The Morgan fingerprint density at radius 3 is 2.17 bits per heavy atom. The van der Waals surface area contributed by atoms with E-state index in [1.54, 1.807) is 34.8 Å². The van der Waals surface area contributed by atoms with Crippen LogP contribution in [-0.4, -0.2) is 179 Å². The molecule has 3 aliphatic rings. The molecule has 58 heavy (non-hydrogen) atoms. The van der Waals surface area contributed by atoms with Gasteiger partial charge in [-0.3, -0.25) is 4.79 Å². The van der Waals surface area contributed by atoms with Crippen molar-refractivity contribution in [3.8, 4) is 0 Å². The Balaban J connectivity index is 2.17. The van der Waals surface area contributed by atoms with Crippen LogP contribution in [0, 0.1) is 17.8 Å². The molecule has 0 aromatic carbocycles. The number of hydrogen-bond acceptors (Lipinski definition) is 15. The van der Waals surface area contributed by atoms with Gasteiger partial charge in [0.1, 0.15) is 35.1 Å². The molecule has 3 saturated heterocycles. The van der Waals surface area contributed by atoms with Crippen LogP contribution in [0.1, 0.15) is 115 Å². The number of ether oxygens (including phenoxy) is 6. The van der Waals surface area contributed by atoms with Gasteiger partial charge in [0, 0.05) is 44.6 Å². The van der Waals surface area contributed by atoms with Crippen LogP contribution in [0.2, 0.25) is 0 Å². The summed E-state index contributed by atoms with van der Waals surface area (Å²) in [4.78, 5) is 18.3. The first-order valence-corrected chi connectivity index (χ1v) is 21.8. The minimum atomic E-state index is -1.81. The van der Waals surface area contributed by atoms with Gasteiger partial charge in [-0.1, -0.05) is 34.1 Å². The number of esters is 1. The predicted octanol–water partition coefficient (Wildman–Crippen LogP) is 2.66. The molecule has 0 amide bonds. The van der Waals surface area contributed by atoms with Gasteiger partial charge in [-0.05, 0) is 108 Å². The molecular formula is C43H83N3O12. The third-order valence-corrected chi connectivity index (χ3v) is 13.8. The third-order valence-electron chi connectivity index (χ3n) is 13.8. The summed E-state index contributed by atoms with van der Waals surface area (Å²) in [5, 5.41) is 63.2. The molecule has 0 bridgehead atoms. The summed E-state index contributed by atoms with van der Waals surface area (Å²) in [6, 6.07) is -0.827. The van der Waals surface area contributed by atoms with Crippen LogP contribution in [0.5, 0.6) is 0 Å². The van der Waals surface area contributed by atoms with Crippen molar-refractivity contribution < 1.29 is 58.7 Å². The number of rotatable bonds is 12. The zero-order valence-electron chi connectivity index (χ0n) is 38.4. The molecule has 0 unspecified atom stereocenters. The third kappa shape index (κ3) is 11.5. The first-order valence-electron chi connectivity index (χ1n) is 21.8. The van der Waals surface area contributed by atoms with Gasteiger partial charge in [-0.2, -0.15) is 0 Å². The number of cyclic esters (lactones) is 1. The van der Waals surface area contributed by atoms with Gasteiger partial charge in [0.15, 0.2) is 12.6 Å². The van der Waals surface area contributed by atoms with Crippen LogP contribution < -0.4 is 5.32 Å². The zero-order valence-corrected chi connectivity index (χ0v) is 38.4. The van der Waals surface area contributed by atoms with E-state index in [9.17, 15) is 30.3 Å². The highest BCUT2D eigenvalue weighted by Crippen LogP contribution is 2.43. The molecular weight excluding hydrogens is 750 g/mol. The Bertz CT molecular complexity index is 1280. The minimum Gasteiger partial charge on any atom is -0.459 e. The van der Waals surface area contributed by atoms with Crippen molar-refractivity contribution >= 4 is 5.97 Å². The molecule has 15 heteroatoms. The van der Waals surface area contributed by atoms with Gasteiger partial charge in [0.2, 0.25) is 0 Å². The Morgan fingerprint density at radius 2 is 1.60 bits per heavy atom. The monoisotopic (exact) mass is 834 g/mol. The molecule has 3 fully saturated rings. The van der Waals surface area contributed by atoms with E-state index in [1.165, 1.54) is 6.92 Å². The average Bonchev–Trinajstić information content (AvgIpc) is 3.14. The Kier molecular flexibility index (Phi) is 18.5. The Hall–Kier alpha value is -1.05. The Labute approximate surface area is 349 Å². The zero-order chi connectivity index (χ0) is 44.1. The number of nitrogens with zero attached hydrogens (tertiary/aromatic N) is 2. The minimum absolute atomic E-state index is 0.0962. The van der Waals surface area contributed by atoms with E-state index < -0.39 is 95.5 Å². The molecule has 342 valence electrons. The van der Waals surface area contributed by atoms with Crippen molar-refractivity contribution in [1.29, 1.82) is 0 Å². The van der Waals surface area contributed by atoms with E-state index in [4.69, 9.17) is 28.4 Å². The topological polar surface area (TPSA) is 192 Å². The van der Waals surface area contributed by atoms with Gasteiger partial charge in [-0.15, -0.1) is 0 Å². The van der Waals surface area contributed by atoms with Crippen molar-refractivity contribution in [3.63, 3.8) is 0 Å². The lowest BCUT2D eigenvalue weighted by molar-refractivity contribution is -0.336. The van der Waals surface area contributed by atoms with Gasteiger partial charge < -0.3 is 69.1 Å². The van der Waals surface area contributed by atoms with Crippen molar-refractivity contribution in [2.75, 3.05) is 47.9 Å². The maximum Gasteiger partial charge on any atom is 0.311 e. The quantitative estimate of drug-likeness (QED) is 0.124. The molecule has 0 aromatic heterocycles. The van der Waals surface area contributed by atoms with Crippen molar-refractivity contribution in [1.82, 2.24) is 15.1 Å². The lowest BCUT2D eigenvalue weighted by Crippen LogP contribution is -2.70. The number of methoxy groups -OCH3 is 1. The first-order chi connectivity index (χ1) is 26.8. The Morgan fingerprint density at radius 1 is 0.966 bits per heavy atom. The van der Waals surface area contributed by atoms with E-state index in [0.29, 0.717) is 13.0 Å². The summed E-state index contributed by atoms with van der Waals surface area (Å²) < 4.78 is 38.5. The highest BCUT2D eigenvalue weighted by molar-refractivity contribution is 5.73. The largest absolute Gasteiger partial charge is 0.459 e. The lowest BCUT2D eigenvalue weighted by Gasteiger charge is -2.53. The number of hydrogen-bond donors (Lipinski definition) is 6. The second-order valence-corrected chi connectivity index (χ2v) is 19.0. The summed E-state index contributed by atoms with van der Waals surface area (Å²) in [6.45, 7) is 21.2. The lowest BCUT2D eigenvalue weighted by atomic mass is 9.75. The van der Waals surface area contributed by atoms with E-state index in [1.807, 2.05) is 65.6 Å². The van der Waals surface area contributed by atoms with Crippen LogP contribution in [0.4, 0.5) is 0 Å². The summed E-state index contributed by atoms with van der Waals surface area (Å²) in [6.07, 6.45) is -5.61. The van der Waals surface area contributed by atoms with Crippen molar-refractivity contribution in [2.45, 2.75) is 204 Å². The van der Waals surface area contributed by atoms with Crippen LogP contribution in [0.25, 0.3) is 0 Å². The van der Waals surface area contributed by atoms with Gasteiger partial charge in [-0.25, -0.2) is 0 Å². The molecule has 6 N–H and O–H groups in total. The fourth-order valence-electron chi connectivity index (χ4n) is 9.71. The second kappa shape index (κ2) is 20.9. The summed E-state index contributed by atoms with van der Waals surface area (Å²) in [7, 11) is 7.17. The fraction of sp³-hybridized carbons (Fsp3) is 0.977. The maximum absolute atomic E-state index is 14.4. The summed E-state index contributed by atoms with van der Waals surface area (Å²) in [5.74, 6) is -2.65. The number of unbranched alkanes of at least 4 members (excludes halogenated alkanes) is 1. The van der Waals surface area contributed by atoms with Gasteiger partial charge in [0.25, 0.3) is 0 Å². The van der Waals surface area contributed by atoms with Crippen LogP contribution >= 0.6 is 0 Å². The summed E-state index contributed by atoms with van der Waals surface area (Å²) in [5.41, 5.74) is -5.96. The SMILES string of the molecule is CCCCNC[C@]1(O)[C@H](C)O[C@@H](O[C@H]2[C@H](C)[C@@H](O[C@@H]3O[C@H](C)C[C@H](N(C)C)[C@H]3O)[C@](C)(O)C[C@@H](C)CN(C)[C@H](C)[C@@H](O)[C@](C)(O)[C@@H](CC)OC(=O)[C@@H]2C)C[C@@]1(C)OC. The molecule has 0 spiro atoms. The highest BCUT2D eigenvalue weighted by atomic mass is 16.7. The second-order valence-electron chi connectivity index (χ2n) is 19.0. The van der Waals surface area contributed by atoms with E-state index in [2.05, 4.69) is 12.2 Å². The molecule has 3 heterocycles. The van der Waals surface area contributed by atoms with Crippen LogP contribution in [-0.2, 0) is 33.2 Å². The first kappa shape index (κ1) is 51.3. The maximum atomic E-state index is 14.4. The molecule has 0 saturated carbocycles. The van der Waals surface area contributed by atoms with Gasteiger partial charge in [0.05, 0.1) is 35.9 Å². The van der Waals surface area contributed by atoms with Gasteiger partial charge >= 0.3 is 5.97 Å². The number of carbonyl (C=O) groups excluding carboxylic acids is 1. The molecule has 18 atom stereocenters. The number of nitrogens with one attached hydrogen (secondary N) is 1. The molecule has 3 rings (SSSR count). The predicted molar refractivity (Wildman–Crippen MR) is 221 cm³/mol. The number of likely N-dealkylation sites (N-methyl/N-ethyl adjacent to an activating group) is 2. The number of aliphatic hydroxyl groups is 5. The van der Waals surface area contributed by atoms with Crippen molar-refractivity contribution in [2.24, 2.45) is 17.8 Å². The highest BCUT2D eigenvalue weighted by Gasteiger charge is 2.58. The molecule has 0 radical (unpaired) electrons. The molecule has 15 nitrogen and oxygen atoms in total. The number of carbonyl (C=O) groups is 1. The van der Waals surface area contributed by atoms with E-state index >= 15 is 0 Å². The summed E-state index contributed by atoms with van der Waals surface area (Å²) >= 11 is 0. The standard InChI is InChI=1S/C43H83N3O12/c1-16-18-19-44-24-43(52)30(8)55-33(22-41(43,10)53-15)57-35-27(5)37(58-39-34(47)31(45(12)13)20-26(4)54-39)40(9,50)21-25(3)23-46(14)29(7)36(48)42(11,51)32(17-2)56-38(49)28(35)6/h25-37,39,44,47-48,50-52H,16-24H2,1-15H3/t25-,26-,27+,28-,29-,30+,31+,32-,33+,34-,35+,36-,37-,39+,40-,41-,42-,43+/m1/s1. The van der Waals surface area contributed by atoms with E-state index in [-0.39, 0.29) is 43.9 Å². The van der Waals surface area contributed by atoms with Crippen LogP contribution in [0.3, 0.4) is 0 Å². The smallest absolute Gasteiger partial charge is 0.311 e. The molecule has 0 aliphatic carbocycles. The molecule has 3 aliphatic heterocycles. The molecule has 0 aromatic rings. The van der Waals surface area contributed by atoms with E-state index in [0.717, 1.165) is 19.4 Å². The average molecular weight is 834 g/mol.